The van der Waals surface area contributed by atoms with E-state index >= 15 is 0 Å². The van der Waals surface area contributed by atoms with Gasteiger partial charge in [0.1, 0.15) is 5.82 Å². The number of fused-ring (bicyclic) bond motifs is 1. The molecule has 3 rings (SSSR count). The van der Waals surface area contributed by atoms with Gasteiger partial charge in [0.05, 0.1) is 5.52 Å². The molecule has 19 heavy (non-hydrogen) atoms. The molecule has 0 spiro atoms. The van der Waals surface area contributed by atoms with Gasteiger partial charge in [0.25, 0.3) is 5.56 Å². The van der Waals surface area contributed by atoms with Crippen LogP contribution in [0.2, 0.25) is 0 Å². The molecule has 2 N–H and O–H groups in total. The summed E-state index contributed by atoms with van der Waals surface area (Å²) in [4.78, 5) is 14.7. The quantitative estimate of drug-likeness (QED) is 0.870. The van der Waals surface area contributed by atoms with Gasteiger partial charge in [-0.1, -0.05) is 18.6 Å². The molecule has 1 aromatic carbocycles. The fourth-order valence-electron chi connectivity index (χ4n) is 2.76. The van der Waals surface area contributed by atoms with Crippen LogP contribution in [0, 0.1) is 5.82 Å². The minimum absolute atomic E-state index is 0.176. The molecule has 1 atom stereocenters. The van der Waals surface area contributed by atoms with Crippen LogP contribution in [0.5, 0.6) is 0 Å². The number of H-pyrrole nitrogens is 1. The molecule has 4 heteroatoms. The molecule has 2 heterocycles. The van der Waals surface area contributed by atoms with E-state index in [1.165, 1.54) is 18.9 Å². The fraction of sp³-hybridized carbons (Fsp3) is 0.400. The van der Waals surface area contributed by atoms with Gasteiger partial charge in [-0.05, 0) is 37.9 Å². The summed E-state index contributed by atoms with van der Waals surface area (Å²) >= 11 is 0. The van der Waals surface area contributed by atoms with Crippen molar-refractivity contribution in [3.8, 4) is 0 Å². The van der Waals surface area contributed by atoms with Gasteiger partial charge >= 0.3 is 0 Å². The van der Waals surface area contributed by atoms with Crippen LogP contribution in [0.25, 0.3) is 10.9 Å². The van der Waals surface area contributed by atoms with Gasteiger partial charge in [-0.3, -0.25) is 4.79 Å². The third kappa shape index (κ3) is 2.54. The molecule has 2 aromatic rings. The van der Waals surface area contributed by atoms with Crippen molar-refractivity contribution in [2.45, 2.75) is 31.7 Å². The summed E-state index contributed by atoms with van der Waals surface area (Å²) in [5.41, 5.74) is 0.857. The van der Waals surface area contributed by atoms with Gasteiger partial charge in [0.15, 0.2) is 0 Å². The second kappa shape index (κ2) is 5.13. The molecule has 1 aliphatic heterocycles. The molecule has 0 aliphatic carbocycles. The number of hydrogen-bond acceptors (Lipinski definition) is 2. The molecule has 3 nitrogen and oxygen atoms in total. The highest BCUT2D eigenvalue weighted by Crippen LogP contribution is 2.16. The smallest absolute Gasteiger partial charge is 0.251 e. The Balaban J connectivity index is 1.95. The lowest BCUT2D eigenvalue weighted by atomic mass is 9.98. The van der Waals surface area contributed by atoms with Crippen LogP contribution in [0.3, 0.4) is 0 Å². The Morgan fingerprint density at radius 2 is 2.21 bits per heavy atom. The van der Waals surface area contributed by atoms with Crippen LogP contribution in [-0.4, -0.2) is 17.6 Å². The van der Waals surface area contributed by atoms with Crippen LogP contribution in [0.15, 0.2) is 29.1 Å². The van der Waals surface area contributed by atoms with Crippen molar-refractivity contribution in [1.29, 1.82) is 0 Å². The summed E-state index contributed by atoms with van der Waals surface area (Å²) in [6.07, 6.45) is 4.22. The van der Waals surface area contributed by atoms with Crippen molar-refractivity contribution < 1.29 is 4.39 Å². The van der Waals surface area contributed by atoms with E-state index in [1.54, 1.807) is 6.07 Å². The van der Waals surface area contributed by atoms with Crippen molar-refractivity contribution in [2.24, 2.45) is 0 Å². The molecule has 0 bridgehead atoms. The molecule has 1 saturated heterocycles. The number of piperidine rings is 1. The van der Waals surface area contributed by atoms with Crippen LogP contribution >= 0.6 is 0 Å². The second-order valence-corrected chi connectivity index (χ2v) is 5.18. The van der Waals surface area contributed by atoms with E-state index in [9.17, 15) is 9.18 Å². The van der Waals surface area contributed by atoms with Gasteiger partial charge in [-0.15, -0.1) is 0 Å². The Hall–Kier alpha value is -1.68. The normalized spacial score (nSPS) is 19.7. The van der Waals surface area contributed by atoms with Crippen molar-refractivity contribution >= 4 is 10.9 Å². The lowest BCUT2D eigenvalue weighted by Crippen LogP contribution is -2.37. The first kappa shape index (κ1) is 12.4. The molecule has 1 aromatic heterocycles. The van der Waals surface area contributed by atoms with E-state index in [-0.39, 0.29) is 11.4 Å². The number of para-hydroxylation sites is 1. The van der Waals surface area contributed by atoms with E-state index in [4.69, 9.17) is 0 Å². The molecule has 100 valence electrons. The highest BCUT2D eigenvalue weighted by Gasteiger charge is 2.15. The number of benzene rings is 1. The third-order valence-electron chi connectivity index (χ3n) is 3.78. The van der Waals surface area contributed by atoms with E-state index in [1.807, 2.05) is 12.1 Å². The summed E-state index contributed by atoms with van der Waals surface area (Å²) in [6, 6.07) is 7.03. The monoisotopic (exact) mass is 260 g/mol. The maximum Gasteiger partial charge on any atom is 0.251 e. The molecule has 0 amide bonds. The summed E-state index contributed by atoms with van der Waals surface area (Å²) in [7, 11) is 0. The van der Waals surface area contributed by atoms with Gasteiger partial charge in [0.2, 0.25) is 0 Å². The van der Waals surface area contributed by atoms with Gasteiger partial charge in [0, 0.05) is 17.0 Å². The lowest BCUT2D eigenvalue weighted by Gasteiger charge is -2.23. The molecule has 1 aliphatic rings. The minimum atomic E-state index is -0.378. The number of nitrogens with one attached hydrogen (secondary N) is 2. The first-order valence-electron chi connectivity index (χ1n) is 6.78. The number of rotatable bonds is 2. The summed E-state index contributed by atoms with van der Waals surface area (Å²) < 4.78 is 13.6. The number of aromatic amines is 1. The van der Waals surface area contributed by atoms with Crippen molar-refractivity contribution in [3.63, 3.8) is 0 Å². The topological polar surface area (TPSA) is 44.9 Å². The second-order valence-electron chi connectivity index (χ2n) is 5.18. The Bertz CT molecular complexity index is 644. The Morgan fingerprint density at radius 1 is 1.32 bits per heavy atom. The fourth-order valence-corrected chi connectivity index (χ4v) is 2.76. The number of pyridine rings is 1. The first-order valence-corrected chi connectivity index (χ1v) is 6.78. The predicted octanol–water partition coefficient (Wildman–Crippen LogP) is 2.35. The number of hydrogen-bond donors (Lipinski definition) is 2. The predicted molar refractivity (Wildman–Crippen MR) is 73.9 cm³/mol. The minimum Gasteiger partial charge on any atom is -0.319 e. The van der Waals surface area contributed by atoms with Crippen molar-refractivity contribution in [1.82, 2.24) is 10.3 Å². The van der Waals surface area contributed by atoms with E-state index in [0.29, 0.717) is 18.0 Å². The average Bonchev–Trinajstić information content (AvgIpc) is 2.42. The maximum absolute atomic E-state index is 13.6. The zero-order chi connectivity index (χ0) is 13.2. The molecule has 0 saturated carbocycles. The Kier molecular flexibility index (Phi) is 3.34. The Labute approximate surface area is 110 Å². The zero-order valence-electron chi connectivity index (χ0n) is 10.7. The summed E-state index contributed by atoms with van der Waals surface area (Å²) in [6.45, 7) is 1.02. The molecule has 1 fully saturated rings. The van der Waals surface area contributed by atoms with Crippen LogP contribution in [-0.2, 0) is 6.42 Å². The Morgan fingerprint density at radius 3 is 3.00 bits per heavy atom. The van der Waals surface area contributed by atoms with Crippen LogP contribution < -0.4 is 10.9 Å². The van der Waals surface area contributed by atoms with E-state index in [2.05, 4.69) is 10.3 Å². The molecular formula is C15H17FN2O. The van der Waals surface area contributed by atoms with Gasteiger partial charge < -0.3 is 10.3 Å². The first-order chi connectivity index (χ1) is 9.24. The highest BCUT2D eigenvalue weighted by molar-refractivity contribution is 5.79. The molecular weight excluding hydrogens is 243 g/mol. The van der Waals surface area contributed by atoms with Crippen LogP contribution in [0.1, 0.15) is 24.8 Å². The zero-order valence-corrected chi connectivity index (χ0v) is 10.7. The number of halogens is 1. The number of aromatic nitrogens is 1. The van der Waals surface area contributed by atoms with E-state index < -0.39 is 0 Å². The maximum atomic E-state index is 13.6. The SMILES string of the molecule is O=c1[nH]c2c(F)cccc2cc1CC1CCCCN1. The third-order valence-corrected chi connectivity index (χ3v) is 3.78. The summed E-state index contributed by atoms with van der Waals surface area (Å²) in [5, 5.41) is 4.18. The average molecular weight is 260 g/mol. The van der Waals surface area contributed by atoms with Gasteiger partial charge in [-0.25, -0.2) is 4.39 Å². The lowest BCUT2D eigenvalue weighted by molar-refractivity contribution is 0.398. The van der Waals surface area contributed by atoms with Crippen LogP contribution in [0.4, 0.5) is 4.39 Å². The van der Waals surface area contributed by atoms with Gasteiger partial charge in [-0.2, -0.15) is 0 Å². The molecule has 1 unspecified atom stereocenters. The van der Waals surface area contributed by atoms with E-state index in [0.717, 1.165) is 23.9 Å². The summed E-state index contributed by atoms with van der Waals surface area (Å²) in [5.74, 6) is -0.378. The standard InChI is InChI=1S/C15H17FN2O/c16-13-6-3-4-10-8-11(15(19)18-14(10)13)9-12-5-1-2-7-17-12/h3-4,6,8,12,17H,1-2,5,7,9H2,(H,18,19). The molecule has 0 radical (unpaired) electrons. The largest absolute Gasteiger partial charge is 0.319 e. The highest BCUT2D eigenvalue weighted by atomic mass is 19.1. The van der Waals surface area contributed by atoms with Crippen molar-refractivity contribution in [3.05, 3.63) is 46.0 Å². The van der Waals surface area contributed by atoms with Crippen molar-refractivity contribution in [2.75, 3.05) is 6.54 Å².